The first-order chi connectivity index (χ1) is 8.20. The molecule has 0 aliphatic rings. The molecule has 1 aromatic rings. The van der Waals surface area contributed by atoms with E-state index in [2.05, 4.69) is 0 Å². The Hall–Kier alpha value is -1.27. The van der Waals surface area contributed by atoms with Crippen LogP contribution in [0.5, 0.6) is 0 Å². The number of nitrogen functional groups attached to an aromatic ring is 1. The third kappa shape index (κ3) is 4.19. The molecule has 1 aromatic carbocycles. The van der Waals surface area contributed by atoms with Gasteiger partial charge in [-0.1, -0.05) is 6.07 Å². The topological polar surface area (TPSA) is 49.5 Å². The molecular formula is C12H17F3N2O. The lowest BCUT2D eigenvalue weighted by atomic mass is 10.1. The number of rotatable bonds is 4. The fourth-order valence-corrected chi connectivity index (χ4v) is 1.80. The Morgan fingerprint density at radius 1 is 1.39 bits per heavy atom. The van der Waals surface area contributed by atoms with Crippen LogP contribution in [0.3, 0.4) is 0 Å². The Labute approximate surface area is 104 Å². The van der Waals surface area contributed by atoms with E-state index in [1.54, 1.807) is 18.9 Å². The lowest BCUT2D eigenvalue weighted by molar-refractivity contribution is -0.138. The van der Waals surface area contributed by atoms with Gasteiger partial charge >= 0.3 is 6.18 Å². The lowest BCUT2D eigenvalue weighted by Gasteiger charge is -2.21. The van der Waals surface area contributed by atoms with E-state index in [1.165, 1.54) is 12.1 Å². The highest BCUT2D eigenvalue weighted by molar-refractivity contribution is 5.46. The van der Waals surface area contributed by atoms with Crippen molar-refractivity contribution < 1.29 is 18.3 Å². The van der Waals surface area contributed by atoms with Gasteiger partial charge in [0.05, 0.1) is 11.7 Å². The van der Waals surface area contributed by atoms with Crippen molar-refractivity contribution >= 4 is 5.69 Å². The maximum Gasteiger partial charge on any atom is 0.416 e. The molecule has 0 aliphatic carbocycles. The molecule has 18 heavy (non-hydrogen) atoms. The molecule has 102 valence electrons. The van der Waals surface area contributed by atoms with E-state index in [1.807, 2.05) is 0 Å². The largest absolute Gasteiger partial charge is 0.416 e. The number of benzene rings is 1. The van der Waals surface area contributed by atoms with Crippen LogP contribution in [-0.2, 0) is 12.7 Å². The van der Waals surface area contributed by atoms with Gasteiger partial charge in [-0.25, -0.2) is 0 Å². The van der Waals surface area contributed by atoms with Gasteiger partial charge in [0.25, 0.3) is 0 Å². The molecule has 1 unspecified atom stereocenters. The molecule has 0 fully saturated rings. The predicted molar refractivity (Wildman–Crippen MR) is 63.9 cm³/mol. The summed E-state index contributed by atoms with van der Waals surface area (Å²) in [6.45, 7) is 2.01. The molecule has 0 aliphatic heterocycles. The van der Waals surface area contributed by atoms with Crippen molar-refractivity contribution in [2.45, 2.75) is 25.7 Å². The van der Waals surface area contributed by atoms with Gasteiger partial charge in [0.15, 0.2) is 0 Å². The van der Waals surface area contributed by atoms with Crippen molar-refractivity contribution in [1.29, 1.82) is 0 Å². The summed E-state index contributed by atoms with van der Waals surface area (Å²) >= 11 is 0. The summed E-state index contributed by atoms with van der Waals surface area (Å²) < 4.78 is 38.5. The summed E-state index contributed by atoms with van der Waals surface area (Å²) in [6.07, 6.45) is -5.01. The summed E-state index contributed by atoms with van der Waals surface area (Å²) in [5, 5.41) is 9.19. The second kappa shape index (κ2) is 5.58. The minimum Gasteiger partial charge on any atom is -0.399 e. The average molecular weight is 262 g/mol. The first kappa shape index (κ1) is 14.8. The molecule has 3 N–H and O–H groups in total. The highest BCUT2D eigenvalue weighted by atomic mass is 19.4. The minimum atomic E-state index is -4.42. The highest BCUT2D eigenvalue weighted by Gasteiger charge is 2.33. The van der Waals surface area contributed by atoms with Crippen LogP contribution in [-0.4, -0.2) is 29.7 Å². The summed E-state index contributed by atoms with van der Waals surface area (Å²) in [5.74, 6) is 0. The number of anilines is 1. The van der Waals surface area contributed by atoms with Gasteiger partial charge in [0.1, 0.15) is 0 Å². The minimum absolute atomic E-state index is 0.0873. The van der Waals surface area contributed by atoms with Crippen LogP contribution < -0.4 is 5.73 Å². The van der Waals surface area contributed by atoms with Crippen LogP contribution in [0.4, 0.5) is 18.9 Å². The number of hydrogen-bond acceptors (Lipinski definition) is 3. The molecule has 0 spiro atoms. The number of alkyl halides is 3. The maximum absolute atomic E-state index is 12.8. The van der Waals surface area contributed by atoms with Gasteiger partial charge < -0.3 is 10.8 Å². The van der Waals surface area contributed by atoms with Gasteiger partial charge in [0, 0.05) is 18.8 Å². The van der Waals surface area contributed by atoms with E-state index in [-0.39, 0.29) is 17.8 Å². The summed E-state index contributed by atoms with van der Waals surface area (Å²) in [5.41, 5.74) is 4.90. The standard InChI is InChI=1S/C12H17F3N2O/c1-8(18)6-17(2)7-9-3-4-10(16)5-11(9)12(13,14)15/h3-5,8,18H,6-7,16H2,1-2H3. The van der Waals surface area contributed by atoms with Crippen molar-refractivity contribution in [1.82, 2.24) is 4.90 Å². The summed E-state index contributed by atoms with van der Waals surface area (Å²) in [7, 11) is 1.66. The van der Waals surface area contributed by atoms with Gasteiger partial charge in [-0.2, -0.15) is 13.2 Å². The monoisotopic (exact) mass is 262 g/mol. The molecule has 0 saturated carbocycles. The van der Waals surface area contributed by atoms with Crippen LogP contribution in [0.15, 0.2) is 18.2 Å². The van der Waals surface area contributed by atoms with Crippen molar-refractivity contribution in [2.75, 3.05) is 19.3 Å². The van der Waals surface area contributed by atoms with Crippen LogP contribution in [0.2, 0.25) is 0 Å². The molecule has 1 atom stereocenters. The van der Waals surface area contributed by atoms with Gasteiger partial charge in [0.2, 0.25) is 0 Å². The van der Waals surface area contributed by atoms with Crippen LogP contribution in [0.25, 0.3) is 0 Å². The molecule has 0 bridgehead atoms. The maximum atomic E-state index is 12.8. The number of nitrogens with zero attached hydrogens (tertiary/aromatic N) is 1. The highest BCUT2D eigenvalue weighted by Crippen LogP contribution is 2.33. The van der Waals surface area contributed by atoms with Gasteiger partial charge in [-0.3, -0.25) is 4.90 Å². The number of halogens is 3. The number of likely N-dealkylation sites (N-methyl/N-ethyl adjacent to an activating group) is 1. The van der Waals surface area contributed by atoms with E-state index in [0.29, 0.717) is 6.54 Å². The zero-order valence-electron chi connectivity index (χ0n) is 10.3. The van der Waals surface area contributed by atoms with E-state index in [4.69, 9.17) is 5.73 Å². The van der Waals surface area contributed by atoms with Crippen LogP contribution in [0, 0.1) is 0 Å². The van der Waals surface area contributed by atoms with Gasteiger partial charge in [-0.05, 0) is 31.7 Å². The second-order valence-electron chi connectivity index (χ2n) is 4.46. The Kier molecular flexibility index (Phi) is 4.59. The molecule has 0 radical (unpaired) electrons. The molecule has 0 saturated heterocycles. The third-order valence-corrected chi connectivity index (χ3v) is 2.46. The van der Waals surface area contributed by atoms with Crippen LogP contribution >= 0.6 is 0 Å². The summed E-state index contributed by atoms with van der Waals surface area (Å²) in [6, 6.07) is 3.75. The quantitative estimate of drug-likeness (QED) is 0.817. The fourth-order valence-electron chi connectivity index (χ4n) is 1.80. The number of nitrogens with two attached hydrogens (primary N) is 1. The first-order valence-corrected chi connectivity index (χ1v) is 5.52. The predicted octanol–water partition coefficient (Wildman–Crippen LogP) is 2.10. The van der Waals surface area contributed by atoms with Crippen molar-refractivity contribution in [3.8, 4) is 0 Å². The Bertz CT molecular complexity index is 405. The number of aliphatic hydroxyl groups is 1. The Morgan fingerprint density at radius 3 is 2.50 bits per heavy atom. The van der Waals surface area contributed by atoms with Crippen molar-refractivity contribution in [3.63, 3.8) is 0 Å². The molecule has 0 amide bonds. The van der Waals surface area contributed by atoms with E-state index in [9.17, 15) is 18.3 Å². The molecular weight excluding hydrogens is 245 g/mol. The Balaban J connectivity index is 2.95. The van der Waals surface area contributed by atoms with Crippen molar-refractivity contribution in [2.24, 2.45) is 0 Å². The third-order valence-electron chi connectivity index (χ3n) is 2.46. The molecule has 3 nitrogen and oxygen atoms in total. The molecule has 0 heterocycles. The lowest BCUT2D eigenvalue weighted by Crippen LogP contribution is -2.27. The van der Waals surface area contributed by atoms with E-state index in [0.717, 1.165) is 6.07 Å². The first-order valence-electron chi connectivity index (χ1n) is 5.52. The normalized spacial score (nSPS) is 13.9. The average Bonchev–Trinajstić information content (AvgIpc) is 2.17. The van der Waals surface area contributed by atoms with Gasteiger partial charge in [-0.15, -0.1) is 0 Å². The summed E-state index contributed by atoms with van der Waals surface area (Å²) in [4.78, 5) is 1.63. The number of aliphatic hydroxyl groups excluding tert-OH is 1. The van der Waals surface area contributed by atoms with Crippen molar-refractivity contribution in [3.05, 3.63) is 29.3 Å². The van der Waals surface area contributed by atoms with E-state index < -0.39 is 17.8 Å². The number of hydrogen-bond donors (Lipinski definition) is 2. The fraction of sp³-hybridized carbons (Fsp3) is 0.500. The van der Waals surface area contributed by atoms with E-state index >= 15 is 0 Å². The smallest absolute Gasteiger partial charge is 0.399 e. The zero-order valence-corrected chi connectivity index (χ0v) is 10.3. The molecule has 1 rings (SSSR count). The molecule has 6 heteroatoms. The molecule has 0 aromatic heterocycles. The van der Waals surface area contributed by atoms with Crippen LogP contribution in [0.1, 0.15) is 18.1 Å². The SMILES string of the molecule is CC(O)CN(C)Cc1ccc(N)cc1C(F)(F)F. The zero-order chi connectivity index (χ0) is 13.9. The Morgan fingerprint density at radius 2 is 2.00 bits per heavy atom. The second-order valence-corrected chi connectivity index (χ2v) is 4.46.